The van der Waals surface area contributed by atoms with Crippen molar-refractivity contribution in [2.75, 3.05) is 25.8 Å². The summed E-state index contributed by atoms with van der Waals surface area (Å²) >= 11 is 0. The Bertz CT molecular complexity index is 1080. The quantitative estimate of drug-likeness (QED) is 0.348. The zero-order valence-corrected chi connectivity index (χ0v) is 20.2. The van der Waals surface area contributed by atoms with Crippen LogP contribution in [-0.2, 0) is 12.8 Å². The van der Waals surface area contributed by atoms with Gasteiger partial charge in [-0.05, 0) is 66.2 Å². The van der Waals surface area contributed by atoms with Crippen LogP contribution in [0.4, 0.5) is 13.2 Å². The molecule has 186 valence electrons. The Kier molecular flexibility index (Phi) is 8.45. The highest BCUT2D eigenvalue weighted by atomic mass is 31.2. The van der Waals surface area contributed by atoms with Crippen molar-refractivity contribution in [3.05, 3.63) is 89.5 Å². The second-order valence-electron chi connectivity index (χ2n) is 8.81. The molecule has 3 aromatic carbocycles. The molecule has 8 heteroatoms. The summed E-state index contributed by atoms with van der Waals surface area (Å²) in [5, 5.41) is 0. The molecule has 2 N–H and O–H groups in total. The van der Waals surface area contributed by atoms with Gasteiger partial charge in [0.1, 0.15) is 12.4 Å². The molecule has 3 aromatic rings. The van der Waals surface area contributed by atoms with Crippen LogP contribution in [0.5, 0.6) is 5.75 Å². The average molecular weight is 504 g/mol. The van der Waals surface area contributed by atoms with Crippen LogP contribution in [0.15, 0.2) is 72.8 Å². The summed E-state index contributed by atoms with van der Waals surface area (Å²) in [6.07, 6.45) is -2.04. The molecule has 35 heavy (non-hydrogen) atoms. The SMILES string of the molecule is OP(O)CCN1CCC(c2ccc(COc3ccc(-c4ccccc4)c(C(F)(F)F)c3)cc2)CC1. The summed E-state index contributed by atoms with van der Waals surface area (Å²) in [6, 6.07) is 20.7. The maximum atomic E-state index is 13.7. The van der Waals surface area contributed by atoms with E-state index in [1.54, 1.807) is 36.4 Å². The second kappa shape index (κ2) is 11.5. The number of halogens is 3. The lowest BCUT2D eigenvalue weighted by Gasteiger charge is -2.32. The summed E-state index contributed by atoms with van der Waals surface area (Å²) in [7, 11) is -1.83. The van der Waals surface area contributed by atoms with Crippen LogP contribution in [0, 0.1) is 0 Å². The van der Waals surface area contributed by atoms with Crippen LogP contribution in [0.2, 0.25) is 0 Å². The highest BCUT2D eigenvalue weighted by molar-refractivity contribution is 7.45. The number of ether oxygens (including phenoxy) is 1. The number of nitrogens with zero attached hydrogens (tertiary/aromatic N) is 1. The molecule has 0 amide bonds. The molecule has 0 spiro atoms. The molecule has 4 nitrogen and oxygen atoms in total. The first-order chi connectivity index (χ1) is 16.8. The molecule has 0 atom stereocenters. The van der Waals surface area contributed by atoms with Crippen LogP contribution in [0.3, 0.4) is 0 Å². The zero-order valence-electron chi connectivity index (χ0n) is 19.3. The summed E-state index contributed by atoms with van der Waals surface area (Å²) < 4.78 is 46.9. The number of likely N-dealkylation sites (tertiary alicyclic amines) is 1. The van der Waals surface area contributed by atoms with Gasteiger partial charge in [0.2, 0.25) is 0 Å². The molecule has 4 rings (SSSR count). The molecule has 1 aliphatic heterocycles. The number of rotatable bonds is 8. The molecular formula is C27H29F3NO3P. The van der Waals surface area contributed by atoms with E-state index in [9.17, 15) is 13.2 Å². The third-order valence-electron chi connectivity index (χ3n) is 6.44. The van der Waals surface area contributed by atoms with E-state index in [0.29, 0.717) is 24.2 Å². The Morgan fingerprint density at radius 2 is 1.60 bits per heavy atom. The minimum atomic E-state index is -4.49. The van der Waals surface area contributed by atoms with Crippen molar-refractivity contribution < 1.29 is 27.7 Å². The lowest BCUT2D eigenvalue weighted by molar-refractivity contribution is -0.137. The van der Waals surface area contributed by atoms with Crippen molar-refractivity contribution in [1.82, 2.24) is 4.90 Å². The molecule has 0 saturated carbocycles. The van der Waals surface area contributed by atoms with Gasteiger partial charge < -0.3 is 19.4 Å². The molecular weight excluding hydrogens is 474 g/mol. The number of hydrogen-bond donors (Lipinski definition) is 2. The first-order valence-corrected chi connectivity index (χ1v) is 13.1. The number of hydrogen-bond acceptors (Lipinski definition) is 4. The summed E-state index contributed by atoms with van der Waals surface area (Å²) in [5.41, 5.74) is 2.07. The average Bonchev–Trinajstić information content (AvgIpc) is 2.87. The highest BCUT2D eigenvalue weighted by Crippen LogP contribution is 2.39. The van der Waals surface area contributed by atoms with Gasteiger partial charge in [-0.15, -0.1) is 0 Å². The Morgan fingerprint density at radius 1 is 0.914 bits per heavy atom. The van der Waals surface area contributed by atoms with Crippen molar-refractivity contribution in [1.29, 1.82) is 0 Å². The van der Waals surface area contributed by atoms with Crippen molar-refractivity contribution >= 4 is 8.38 Å². The Hall–Kier alpha value is -2.44. The number of piperidine rings is 1. The zero-order chi connectivity index (χ0) is 24.8. The monoisotopic (exact) mass is 503 g/mol. The fourth-order valence-corrected chi connectivity index (χ4v) is 4.95. The minimum Gasteiger partial charge on any atom is -0.489 e. The van der Waals surface area contributed by atoms with Gasteiger partial charge in [-0.25, -0.2) is 0 Å². The Labute approximate surface area is 204 Å². The summed E-state index contributed by atoms with van der Waals surface area (Å²) in [6.45, 7) is 2.76. The topological polar surface area (TPSA) is 52.9 Å². The lowest BCUT2D eigenvalue weighted by atomic mass is 9.89. The van der Waals surface area contributed by atoms with Gasteiger partial charge in [-0.3, -0.25) is 0 Å². The third-order valence-corrected chi connectivity index (χ3v) is 7.04. The minimum absolute atomic E-state index is 0.134. The molecule has 0 radical (unpaired) electrons. The van der Waals surface area contributed by atoms with Crippen LogP contribution < -0.4 is 4.74 Å². The van der Waals surface area contributed by atoms with E-state index in [-0.39, 0.29) is 17.9 Å². The fraction of sp³-hybridized carbons (Fsp3) is 0.333. The smallest absolute Gasteiger partial charge is 0.417 e. The molecule has 0 bridgehead atoms. The fourth-order valence-electron chi connectivity index (χ4n) is 4.49. The van der Waals surface area contributed by atoms with Gasteiger partial charge in [0.15, 0.2) is 8.38 Å². The van der Waals surface area contributed by atoms with E-state index in [1.807, 2.05) is 12.1 Å². The van der Waals surface area contributed by atoms with E-state index < -0.39 is 20.1 Å². The normalized spacial score (nSPS) is 15.5. The molecule has 1 aliphatic rings. The second-order valence-corrected chi connectivity index (χ2v) is 10.0. The molecule has 1 fully saturated rings. The largest absolute Gasteiger partial charge is 0.489 e. The number of benzene rings is 3. The van der Waals surface area contributed by atoms with Crippen molar-refractivity contribution in [3.8, 4) is 16.9 Å². The lowest BCUT2D eigenvalue weighted by Crippen LogP contribution is -2.34. The predicted molar refractivity (Wildman–Crippen MR) is 132 cm³/mol. The Balaban J connectivity index is 1.36. The van der Waals surface area contributed by atoms with E-state index in [1.165, 1.54) is 11.6 Å². The standard InChI is InChI=1S/C27H29F3NO3P/c28-27(29,30)26-18-24(10-11-25(26)23-4-2-1-3-5-23)34-19-20-6-8-21(9-7-20)22-12-14-31(15-13-22)16-17-35(32)33/h1-11,18,22,32-33H,12-17,19H2. The Morgan fingerprint density at radius 3 is 2.23 bits per heavy atom. The van der Waals surface area contributed by atoms with Gasteiger partial charge in [0.05, 0.1) is 5.56 Å². The molecule has 0 unspecified atom stereocenters. The van der Waals surface area contributed by atoms with Crippen LogP contribution in [-0.4, -0.2) is 40.5 Å². The molecule has 1 saturated heterocycles. The van der Waals surface area contributed by atoms with Crippen LogP contribution in [0.1, 0.15) is 35.4 Å². The highest BCUT2D eigenvalue weighted by Gasteiger charge is 2.34. The summed E-state index contributed by atoms with van der Waals surface area (Å²) in [5.74, 6) is 0.633. The van der Waals surface area contributed by atoms with E-state index in [4.69, 9.17) is 14.5 Å². The van der Waals surface area contributed by atoms with E-state index in [2.05, 4.69) is 17.0 Å². The van der Waals surface area contributed by atoms with Crippen molar-refractivity contribution in [2.24, 2.45) is 0 Å². The van der Waals surface area contributed by atoms with E-state index in [0.717, 1.165) is 37.6 Å². The van der Waals surface area contributed by atoms with Crippen LogP contribution in [0.25, 0.3) is 11.1 Å². The third kappa shape index (κ3) is 7.05. The maximum absolute atomic E-state index is 13.7. The van der Waals surface area contributed by atoms with E-state index >= 15 is 0 Å². The molecule has 1 heterocycles. The van der Waals surface area contributed by atoms with Crippen LogP contribution >= 0.6 is 8.38 Å². The molecule has 0 aliphatic carbocycles. The number of alkyl halides is 3. The first-order valence-electron chi connectivity index (χ1n) is 11.7. The van der Waals surface area contributed by atoms with Gasteiger partial charge in [-0.1, -0.05) is 60.7 Å². The van der Waals surface area contributed by atoms with Gasteiger partial charge in [-0.2, -0.15) is 13.2 Å². The first kappa shape index (κ1) is 25.6. The van der Waals surface area contributed by atoms with Crippen molar-refractivity contribution in [2.45, 2.75) is 31.5 Å². The maximum Gasteiger partial charge on any atom is 0.417 e. The summed E-state index contributed by atoms with van der Waals surface area (Å²) in [4.78, 5) is 20.5. The van der Waals surface area contributed by atoms with Gasteiger partial charge in [0, 0.05) is 12.7 Å². The van der Waals surface area contributed by atoms with Gasteiger partial charge >= 0.3 is 6.18 Å². The van der Waals surface area contributed by atoms with Crippen molar-refractivity contribution in [3.63, 3.8) is 0 Å². The predicted octanol–water partition coefficient (Wildman–Crippen LogP) is 6.43. The van der Waals surface area contributed by atoms with Gasteiger partial charge in [0.25, 0.3) is 0 Å². The molecule has 0 aromatic heterocycles.